The summed E-state index contributed by atoms with van der Waals surface area (Å²) >= 11 is 6.06. The second-order valence-electron chi connectivity index (χ2n) is 5.95. The standard InChI is InChI=1S/C17H15ClF2N6/c1-25-9-10(12-3-2-11(18)8-13(12)25)6-7-21-14-4-5-15-22-23-17(16(19)20)26(15)24-14/h2-5,8-9,16H,6-7H2,1H3,(H,21,24). The molecule has 0 bridgehead atoms. The summed E-state index contributed by atoms with van der Waals surface area (Å²) in [5.41, 5.74) is 2.53. The zero-order valence-corrected chi connectivity index (χ0v) is 14.6. The summed E-state index contributed by atoms with van der Waals surface area (Å²) in [6, 6.07) is 9.11. The van der Waals surface area contributed by atoms with Crippen molar-refractivity contribution in [3.8, 4) is 0 Å². The fourth-order valence-electron chi connectivity index (χ4n) is 3.00. The summed E-state index contributed by atoms with van der Waals surface area (Å²) in [5, 5.41) is 16.3. The number of hydrogen-bond acceptors (Lipinski definition) is 4. The van der Waals surface area contributed by atoms with E-state index in [1.54, 1.807) is 12.1 Å². The van der Waals surface area contributed by atoms with Crippen LogP contribution in [0.1, 0.15) is 17.8 Å². The molecule has 134 valence electrons. The first-order valence-corrected chi connectivity index (χ1v) is 8.38. The Balaban J connectivity index is 1.51. The molecule has 0 atom stereocenters. The van der Waals surface area contributed by atoms with Gasteiger partial charge in [0.25, 0.3) is 6.43 Å². The molecule has 0 spiro atoms. The van der Waals surface area contributed by atoms with Gasteiger partial charge in [-0.2, -0.15) is 4.52 Å². The Bertz CT molecular complexity index is 1090. The second kappa shape index (κ2) is 6.53. The number of fused-ring (bicyclic) bond motifs is 2. The van der Waals surface area contributed by atoms with Gasteiger partial charge in [-0.3, -0.25) is 0 Å². The lowest BCUT2D eigenvalue weighted by Crippen LogP contribution is -2.09. The maximum Gasteiger partial charge on any atom is 0.299 e. The Labute approximate surface area is 152 Å². The molecule has 9 heteroatoms. The van der Waals surface area contributed by atoms with Crippen molar-refractivity contribution in [1.29, 1.82) is 0 Å². The Morgan fingerprint density at radius 2 is 2.04 bits per heavy atom. The van der Waals surface area contributed by atoms with Crippen LogP contribution in [-0.2, 0) is 13.5 Å². The van der Waals surface area contributed by atoms with E-state index in [9.17, 15) is 8.78 Å². The highest BCUT2D eigenvalue weighted by Gasteiger charge is 2.17. The molecule has 26 heavy (non-hydrogen) atoms. The summed E-state index contributed by atoms with van der Waals surface area (Å²) in [5.74, 6) is 0.0251. The zero-order chi connectivity index (χ0) is 18.3. The van der Waals surface area contributed by atoms with Crippen molar-refractivity contribution in [1.82, 2.24) is 24.4 Å². The number of benzene rings is 1. The molecular formula is C17H15ClF2N6. The topological polar surface area (TPSA) is 60.0 Å². The van der Waals surface area contributed by atoms with Crippen LogP contribution in [0.3, 0.4) is 0 Å². The van der Waals surface area contributed by atoms with Gasteiger partial charge in [-0.1, -0.05) is 17.7 Å². The number of nitrogens with one attached hydrogen (secondary N) is 1. The van der Waals surface area contributed by atoms with Crippen molar-refractivity contribution < 1.29 is 8.78 Å². The van der Waals surface area contributed by atoms with Crippen molar-refractivity contribution in [2.24, 2.45) is 7.05 Å². The van der Waals surface area contributed by atoms with E-state index in [-0.39, 0.29) is 5.65 Å². The van der Waals surface area contributed by atoms with E-state index in [1.807, 2.05) is 29.8 Å². The van der Waals surface area contributed by atoms with Gasteiger partial charge in [0.1, 0.15) is 5.82 Å². The van der Waals surface area contributed by atoms with E-state index in [1.165, 1.54) is 5.56 Å². The highest BCUT2D eigenvalue weighted by molar-refractivity contribution is 6.31. The third kappa shape index (κ3) is 2.96. The van der Waals surface area contributed by atoms with Crippen LogP contribution in [-0.4, -0.2) is 30.9 Å². The quantitative estimate of drug-likeness (QED) is 0.574. The summed E-state index contributed by atoms with van der Waals surface area (Å²) in [6.45, 7) is 0.604. The summed E-state index contributed by atoms with van der Waals surface area (Å²) in [6.07, 6.45) is 0.0894. The highest BCUT2D eigenvalue weighted by Crippen LogP contribution is 2.24. The fraction of sp³-hybridized carbons (Fsp3) is 0.235. The van der Waals surface area contributed by atoms with Crippen molar-refractivity contribution in [2.45, 2.75) is 12.8 Å². The minimum Gasteiger partial charge on any atom is -0.368 e. The van der Waals surface area contributed by atoms with Gasteiger partial charge in [-0.15, -0.1) is 15.3 Å². The molecule has 4 aromatic rings. The summed E-state index contributed by atoms with van der Waals surface area (Å²) in [4.78, 5) is 0. The monoisotopic (exact) mass is 376 g/mol. The SMILES string of the molecule is Cn1cc(CCNc2ccc3nnc(C(F)F)n3n2)c2ccc(Cl)cc21. The molecule has 0 saturated heterocycles. The zero-order valence-electron chi connectivity index (χ0n) is 13.8. The molecule has 4 rings (SSSR count). The number of anilines is 1. The molecule has 0 fully saturated rings. The average Bonchev–Trinajstić information content (AvgIpc) is 3.16. The molecule has 3 aromatic heterocycles. The van der Waals surface area contributed by atoms with Crippen LogP contribution in [0.25, 0.3) is 16.6 Å². The molecule has 0 aliphatic carbocycles. The minimum absolute atomic E-state index is 0.289. The molecule has 0 aliphatic heterocycles. The Hall–Kier alpha value is -2.74. The number of rotatable bonds is 5. The molecule has 0 saturated carbocycles. The van der Waals surface area contributed by atoms with Crippen LogP contribution < -0.4 is 5.32 Å². The second-order valence-corrected chi connectivity index (χ2v) is 6.39. The van der Waals surface area contributed by atoms with Crippen molar-refractivity contribution in [3.05, 3.63) is 52.9 Å². The minimum atomic E-state index is -2.73. The molecule has 0 unspecified atom stereocenters. The van der Waals surface area contributed by atoms with Gasteiger partial charge in [0.05, 0.1) is 0 Å². The molecule has 1 N–H and O–H groups in total. The van der Waals surface area contributed by atoms with Crippen LogP contribution in [0.2, 0.25) is 5.02 Å². The van der Waals surface area contributed by atoms with Crippen LogP contribution in [0.15, 0.2) is 36.5 Å². The Morgan fingerprint density at radius 1 is 1.19 bits per heavy atom. The van der Waals surface area contributed by atoms with Gasteiger partial charge in [0.2, 0.25) is 5.82 Å². The van der Waals surface area contributed by atoms with Gasteiger partial charge in [-0.25, -0.2) is 8.78 Å². The van der Waals surface area contributed by atoms with Crippen LogP contribution >= 0.6 is 11.6 Å². The van der Waals surface area contributed by atoms with Crippen LogP contribution in [0.4, 0.5) is 14.6 Å². The summed E-state index contributed by atoms with van der Waals surface area (Å²) < 4.78 is 28.9. The highest BCUT2D eigenvalue weighted by atomic mass is 35.5. The van der Waals surface area contributed by atoms with Gasteiger partial charge in [0.15, 0.2) is 5.65 Å². The predicted molar refractivity (Wildman–Crippen MR) is 95.9 cm³/mol. The fourth-order valence-corrected chi connectivity index (χ4v) is 3.17. The van der Waals surface area contributed by atoms with E-state index in [0.717, 1.165) is 21.8 Å². The van der Waals surface area contributed by atoms with Crippen molar-refractivity contribution in [2.75, 3.05) is 11.9 Å². The maximum atomic E-state index is 12.9. The average molecular weight is 377 g/mol. The largest absolute Gasteiger partial charge is 0.368 e. The molecule has 1 aromatic carbocycles. The lowest BCUT2D eigenvalue weighted by molar-refractivity contribution is 0.137. The Kier molecular flexibility index (Phi) is 4.20. The number of aryl methyl sites for hydroxylation is 1. The Morgan fingerprint density at radius 3 is 2.85 bits per heavy atom. The van der Waals surface area contributed by atoms with Crippen molar-refractivity contribution in [3.63, 3.8) is 0 Å². The normalized spacial score (nSPS) is 11.7. The molecule has 0 amide bonds. The lowest BCUT2D eigenvalue weighted by Gasteiger charge is -2.06. The van der Waals surface area contributed by atoms with E-state index >= 15 is 0 Å². The molecule has 3 heterocycles. The lowest BCUT2D eigenvalue weighted by atomic mass is 10.1. The molecular weight excluding hydrogens is 362 g/mol. The van der Waals surface area contributed by atoms with E-state index in [4.69, 9.17) is 11.6 Å². The predicted octanol–water partition coefficient (Wildman–Crippen LogP) is 3.86. The van der Waals surface area contributed by atoms with E-state index in [2.05, 4.69) is 26.8 Å². The van der Waals surface area contributed by atoms with Crippen molar-refractivity contribution >= 4 is 34.0 Å². The summed E-state index contributed by atoms with van der Waals surface area (Å²) in [7, 11) is 1.98. The first kappa shape index (κ1) is 16.7. The van der Waals surface area contributed by atoms with Crippen LogP contribution in [0, 0.1) is 0 Å². The van der Waals surface area contributed by atoms with Crippen LogP contribution in [0.5, 0.6) is 0 Å². The third-order valence-corrected chi connectivity index (χ3v) is 4.45. The third-order valence-electron chi connectivity index (χ3n) is 4.22. The first-order chi connectivity index (χ1) is 12.5. The molecule has 0 aliphatic rings. The number of halogens is 3. The van der Waals surface area contributed by atoms with Gasteiger partial charge in [-0.05, 0) is 36.2 Å². The van der Waals surface area contributed by atoms with E-state index < -0.39 is 12.2 Å². The smallest absolute Gasteiger partial charge is 0.299 e. The van der Waals surface area contributed by atoms with Gasteiger partial charge in [0, 0.05) is 35.7 Å². The number of nitrogens with zero attached hydrogens (tertiary/aromatic N) is 5. The number of aromatic nitrogens is 5. The first-order valence-electron chi connectivity index (χ1n) is 8.01. The van der Waals surface area contributed by atoms with E-state index in [0.29, 0.717) is 17.4 Å². The number of hydrogen-bond donors (Lipinski definition) is 1. The van der Waals surface area contributed by atoms with Gasteiger partial charge < -0.3 is 9.88 Å². The maximum absolute atomic E-state index is 12.9. The van der Waals surface area contributed by atoms with Gasteiger partial charge >= 0.3 is 0 Å². The molecule has 6 nitrogen and oxygen atoms in total. The number of alkyl halides is 2. The molecule has 0 radical (unpaired) electrons.